The van der Waals surface area contributed by atoms with E-state index in [-0.39, 0.29) is 5.91 Å². The molecule has 0 aliphatic heterocycles. The van der Waals surface area contributed by atoms with Gasteiger partial charge in [0.1, 0.15) is 0 Å². The zero-order chi connectivity index (χ0) is 14.7. The maximum Gasteiger partial charge on any atom is 0.236 e. The van der Waals surface area contributed by atoms with Crippen LogP contribution in [0.2, 0.25) is 0 Å². The molecule has 19 heavy (non-hydrogen) atoms. The Hall–Kier alpha value is -0.520. The van der Waals surface area contributed by atoms with Gasteiger partial charge in [0, 0.05) is 21.5 Å². The quantitative estimate of drug-likeness (QED) is 0.806. The molecule has 0 radical (unpaired) electrons. The van der Waals surface area contributed by atoms with E-state index in [9.17, 15) is 4.79 Å². The van der Waals surface area contributed by atoms with E-state index in [1.807, 2.05) is 52.0 Å². The Morgan fingerprint density at radius 3 is 2.26 bits per heavy atom. The number of amides is 1. The molecule has 0 aliphatic carbocycles. The summed E-state index contributed by atoms with van der Waals surface area (Å²) >= 11 is 4.94. The summed E-state index contributed by atoms with van der Waals surface area (Å²) in [6.07, 6.45) is 0. The van der Waals surface area contributed by atoms with Crippen LogP contribution < -0.4 is 11.1 Å². The van der Waals surface area contributed by atoms with E-state index in [2.05, 4.69) is 21.2 Å². The number of hydrogen-bond acceptors (Lipinski definition) is 3. The Morgan fingerprint density at radius 1 is 1.26 bits per heavy atom. The van der Waals surface area contributed by atoms with Gasteiger partial charge in [-0.2, -0.15) is 0 Å². The molecule has 0 aliphatic rings. The molecular formula is C14H21BrN2OS. The molecule has 3 N–H and O–H groups in total. The number of nitrogens with one attached hydrogen (secondary N) is 1. The number of carbonyl (C=O) groups is 1. The van der Waals surface area contributed by atoms with Crippen molar-refractivity contribution in [2.75, 3.05) is 6.54 Å². The lowest BCUT2D eigenvalue weighted by Crippen LogP contribution is -2.49. The van der Waals surface area contributed by atoms with Crippen molar-refractivity contribution in [1.82, 2.24) is 5.32 Å². The average Bonchev–Trinajstić information content (AvgIpc) is 2.27. The third-order valence-electron chi connectivity index (χ3n) is 2.44. The van der Waals surface area contributed by atoms with E-state index in [0.717, 1.165) is 9.37 Å². The predicted octanol–water partition coefficient (Wildman–Crippen LogP) is 3.17. The number of carbonyl (C=O) groups excluding carboxylic acids is 1. The first-order chi connectivity index (χ1) is 8.60. The first-order valence-electron chi connectivity index (χ1n) is 6.12. The first-order valence-corrected chi connectivity index (χ1v) is 7.73. The normalized spacial score (nSPS) is 12.3. The molecule has 0 saturated carbocycles. The highest BCUT2D eigenvalue weighted by molar-refractivity contribution is 9.10. The van der Waals surface area contributed by atoms with E-state index >= 15 is 0 Å². The topological polar surface area (TPSA) is 55.1 Å². The van der Waals surface area contributed by atoms with Crippen LogP contribution in [-0.2, 0) is 4.79 Å². The second-order valence-corrected chi connectivity index (χ2v) is 8.35. The van der Waals surface area contributed by atoms with Crippen LogP contribution in [0.3, 0.4) is 0 Å². The molecule has 0 aromatic heterocycles. The van der Waals surface area contributed by atoms with Crippen molar-refractivity contribution >= 4 is 33.6 Å². The minimum atomic E-state index is -0.529. The van der Waals surface area contributed by atoms with Gasteiger partial charge in [0.05, 0.1) is 4.75 Å². The molecular weight excluding hydrogens is 324 g/mol. The van der Waals surface area contributed by atoms with Gasteiger partial charge in [-0.25, -0.2) is 0 Å². The Bertz CT molecular complexity index is 438. The van der Waals surface area contributed by atoms with Crippen LogP contribution in [0.1, 0.15) is 27.7 Å². The lowest BCUT2D eigenvalue weighted by atomic mass is 10.1. The summed E-state index contributed by atoms with van der Waals surface area (Å²) in [4.78, 5) is 13.3. The number of hydrogen-bond donors (Lipinski definition) is 2. The van der Waals surface area contributed by atoms with Crippen LogP contribution in [0, 0.1) is 0 Å². The summed E-state index contributed by atoms with van der Waals surface area (Å²) in [6.45, 7) is 8.08. The number of rotatable bonds is 5. The first kappa shape index (κ1) is 16.5. The van der Waals surface area contributed by atoms with Crippen LogP contribution >= 0.6 is 27.7 Å². The minimum absolute atomic E-state index is 0.000978. The van der Waals surface area contributed by atoms with Gasteiger partial charge in [0.2, 0.25) is 5.91 Å². The van der Waals surface area contributed by atoms with Gasteiger partial charge >= 0.3 is 0 Å². The molecule has 1 amide bonds. The van der Waals surface area contributed by atoms with Crippen molar-refractivity contribution in [3.63, 3.8) is 0 Å². The van der Waals surface area contributed by atoms with E-state index in [1.165, 1.54) is 11.8 Å². The van der Waals surface area contributed by atoms with Gasteiger partial charge in [0.25, 0.3) is 0 Å². The minimum Gasteiger partial charge on any atom is -0.353 e. The molecule has 1 aromatic rings. The molecule has 0 heterocycles. The van der Waals surface area contributed by atoms with Gasteiger partial charge in [-0.05, 0) is 52.0 Å². The van der Waals surface area contributed by atoms with E-state index < -0.39 is 10.3 Å². The molecule has 3 nitrogen and oxygen atoms in total. The van der Waals surface area contributed by atoms with Crippen molar-refractivity contribution in [2.45, 2.75) is 42.9 Å². The van der Waals surface area contributed by atoms with Gasteiger partial charge in [-0.1, -0.05) is 15.9 Å². The zero-order valence-electron chi connectivity index (χ0n) is 11.8. The molecule has 0 spiro atoms. The number of halogens is 1. The van der Waals surface area contributed by atoms with Gasteiger partial charge < -0.3 is 11.1 Å². The SMILES string of the molecule is CC(C)(N)CNC(=O)C(C)(C)Sc1ccc(Br)cc1. The Kier molecular flexibility index (Phi) is 5.47. The van der Waals surface area contributed by atoms with E-state index in [0.29, 0.717) is 6.54 Å². The molecule has 0 fully saturated rings. The molecule has 0 atom stereocenters. The summed E-state index contributed by atoms with van der Waals surface area (Å²) in [6, 6.07) is 7.94. The third kappa shape index (κ3) is 5.97. The summed E-state index contributed by atoms with van der Waals surface area (Å²) in [7, 11) is 0. The predicted molar refractivity (Wildman–Crippen MR) is 85.4 cm³/mol. The van der Waals surface area contributed by atoms with Crippen molar-refractivity contribution in [1.29, 1.82) is 0 Å². The lowest BCUT2D eigenvalue weighted by molar-refractivity contribution is -0.122. The summed E-state index contributed by atoms with van der Waals surface area (Å²) in [5, 5.41) is 2.90. The van der Waals surface area contributed by atoms with Crippen molar-refractivity contribution < 1.29 is 4.79 Å². The molecule has 0 saturated heterocycles. The molecule has 0 unspecified atom stereocenters. The standard InChI is InChI=1S/C14H21BrN2OS/c1-13(2,16)9-17-12(18)14(3,4)19-11-7-5-10(15)6-8-11/h5-8H,9,16H2,1-4H3,(H,17,18). The van der Waals surface area contributed by atoms with E-state index in [1.54, 1.807) is 0 Å². The van der Waals surface area contributed by atoms with Crippen molar-refractivity contribution in [2.24, 2.45) is 5.73 Å². The maximum absolute atomic E-state index is 12.2. The second-order valence-electron chi connectivity index (χ2n) is 5.74. The Balaban J connectivity index is 2.64. The highest BCUT2D eigenvalue weighted by Crippen LogP contribution is 2.33. The van der Waals surface area contributed by atoms with Crippen LogP contribution in [0.5, 0.6) is 0 Å². The van der Waals surface area contributed by atoms with Gasteiger partial charge in [-0.15, -0.1) is 11.8 Å². The molecule has 1 aromatic carbocycles. The largest absolute Gasteiger partial charge is 0.353 e. The molecule has 106 valence electrons. The second kappa shape index (κ2) is 6.29. The van der Waals surface area contributed by atoms with Crippen LogP contribution in [-0.4, -0.2) is 22.7 Å². The fraction of sp³-hybridized carbons (Fsp3) is 0.500. The molecule has 1 rings (SSSR count). The van der Waals surface area contributed by atoms with Gasteiger partial charge in [-0.3, -0.25) is 4.79 Å². The van der Waals surface area contributed by atoms with Crippen molar-refractivity contribution in [3.8, 4) is 0 Å². The smallest absolute Gasteiger partial charge is 0.236 e. The summed E-state index contributed by atoms with van der Waals surface area (Å²) < 4.78 is 0.503. The molecule has 0 bridgehead atoms. The monoisotopic (exact) mass is 344 g/mol. The van der Waals surface area contributed by atoms with Crippen LogP contribution in [0.25, 0.3) is 0 Å². The molecule has 5 heteroatoms. The summed E-state index contributed by atoms with van der Waals surface area (Å²) in [5.74, 6) is -0.000978. The number of nitrogens with two attached hydrogens (primary N) is 1. The lowest BCUT2D eigenvalue weighted by Gasteiger charge is -2.26. The maximum atomic E-state index is 12.2. The van der Waals surface area contributed by atoms with Gasteiger partial charge in [0.15, 0.2) is 0 Å². The number of thioether (sulfide) groups is 1. The fourth-order valence-corrected chi connectivity index (χ4v) is 2.66. The highest BCUT2D eigenvalue weighted by atomic mass is 79.9. The van der Waals surface area contributed by atoms with Crippen LogP contribution in [0.4, 0.5) is 0 Å². The summed E-state index contributed by atoms with van der Waals surface area (Å²) in [5.41, 5.74) is 5.47. The average molecular weight is 345 g/mol. The third-order valence-corrected chi connectivity index (χ3v) is 4.17. The zero-order valence-corrected chi connectivity index (χ0v) is 14.2. The fourth-order valence-electron chi connectivity index (χ4n) is 1.36. The van der Waals surface area contributed by atoms with E-state index in [4.69, 9.17) is 5.73 Å². The van der Waals surface area contributed by atoms with Crippen molar-refractivity contribution in [3.05, 3.63) is 28.7 Å². The Labute approximate surface area is 127 Å². The van der Waals surface area contributed by atoms with Crippen LogP contribution in [0.15, 0.2) is 33.6 Å². The Morgan fingerprint density at radius 2 is 1.79 bits per heavy atom. The highest BCUT2D eigenvalue weighted by Gasteiger charge is 2.29. The number of benzene rings is 1.